The summed E-state index contributed by atoms with van der Waals surface area (Å²) >= 11 is 2.91. The minimum absolute atomic E-state index is 0.0193. The number of rotatable bonds is 3. The third-order valence-corrected chi connectivity index (χ3v) is 5.94. The second-order valence-corrected chi connectivity index (χ2v) is 7.78. The quantitative estimate of drug-likeness (QED) is 0.873. The third-order valence-electron chi connectivity index (χ3n) is 3.65. The molecular formula is C13H17BrF2N2O2S. The predicted octanol–water partition coefficient (Wildman–Crippen LogP) is 3.18. The van der Waals surface area contributed by atoms with Gasteiger partial charge in [0.1, 0.15) is 16.5 Å². The molecule has 1 saturated heterocycles. The lowest BCUT2D eigenvalue weighted by molar-refractivity contribution is 0.0789. The van der Waals surface area contributed by atoms with Crippen LogP contribution in [-0.4, -0.2) is 25.5 Å². The summed E-state index contributed by atoms with van der Waals surface area (Å²) in [7, 11) is -4.12. The summed E-state index contributed by atoms with van der Waals surface area (Å²) in [6.45, 7) is 3.82. The van der Waals surface area contributed by atoms with Gasteiger partial charge >= 0.3 is 0 Å². The fourth-order valence-corrected chi connectivity index (χ4v) is 4.98. The van der Waals surface area contributed by atoms with E-state index in [1.54, 1.807) is 5.01 Å². The average Bonchev–Trinajstić information content (AvgIpc) is 2.32. The maximum Gasteiger partial charge on any atom is 0.257 e. The molecule has 8 heteroatoms. The van der Waals surface area contributed by atoms with E-state index < -0.39 is 26.6 Å². The molecule has 0 radical (unpaired) electrons. The zero-order valence-electron chi connectivity index (χ0n) is 11.7. The zero-order valence-corrected chi connectivity index (χ0v) is 14.1. The number of benzene rings is 1. The van der Waals surface area contributed by atoms with Crippen molar-refractivity contribution in [2.45, 2.75) is 50.1 Å². The van der Waals surface area contributed by atoms with E-state index in [1.165, 1.54) is 0 Å². The molecule has 0 aliphatic carbocycles. The number of piperidine rings is 1. The molecule has 1 fully saturated rings. The number of nitrogens with zero attached hydrogens (tertiary/aromatic N) is 1. The van der Waals surface area contributed by atoms with Gasteiger partial charge in [-0.05, 0) is 48.7 Å². The summed E-state index contributed by atoms with van der Waals surface area (Å²) in [5.74, 6) is -1.95. The van der Waals surface area contributed by atoms with Gasteiger partial charge in [0.15, 0.2) is 0 Å². The summed E-state index contributed by atoms with van der Waals surface area (Å²) in [5.41, 5.74) is 0. The van der Waals surface area contributed by atoms with Crippen molar-refractivity contribution in [3.8, 4) is 0 Å². The van der Waals surface area contributed by atoms with E-state index >= 15 is 0 Å². The molecule has 4 nitrogen and oxygen atoms in total. The molecule has 118 valence electrons. The summed E-state index contributed by atoms with van der Waals surface area (Å²) in [5, 5.41) is 1.62. The zero-order chi connectivity index (χ0) is 15.8. The summed E-state index contributed by atoms with van der Waals surface area (Å²) in [6, 6.07) is 1.53. The number of sulfonamides is 1. The van der Waals surface area contributed by atoms with Crippen molar-refractivity contribution < 1.29 is 17.2 Å². The molecule has 1 aromatic rings. The Hall–Kier alpha value is -0.570. The largest absolute Gasteiger partial charge is 0.257 e. The molecule has 0 aromatic heterocycles. The molecule has 0 saturated carbocycles. The van der Waals surface area contributed by atoms with E-state index in [4.69, 9.17) is 0 Å². The van der Waals surface area contributed by atoms with E-state index in [-0.39, 0.29) is 16.6 Å². The monoisotopic (exact) mass is 382 g/mol. The van der Waals surface area contributed by atoms with E-state index in [1.807, 2.05) is 13.8 Å². The van der Waals surface area contributed by atoms with Crippen LogP contribution in [-0.2, 0) is 10.0 Å². The minimum atomic E-state index is -4.12. The van der Waals surface area contributed by atoms with Crippen LogP contribution in [0.15, 0.2) is 21.5 Å². The van der Waals surface area contributed by atoms with E-state index in [0.29, 0.717) is 6.07 Å². The molecule has 0 amide bonds. The highest BCUT2D eigenvalue weighted by atomic mass is 79.9. The predicted molar refractivity (Wildman–Crippen MR) is 79.0 cm³/mol. The first-order chi connectivity index (χ1) is 9.72. The van der Waals surface area contributed by atoms with Crippen molar-refractivity contribution >= 4 is 26.0 Å². The maximum atomic E-state index is 13.8. The number of hydrazine groups is 1. The first kappa shape index (κ1) is 16.8. The molecule has 0 spiro atoms. The summed E-state index contributed by atoms with van der Waals surface area (Å²) in [6.07, 6.45) is 2.75. The number of nitrogens with one attached hydrogen (secondary N) is 1. The highest BCUT2D eigenvalue weighted by Crippen LogP contribution is 2.28. The number of halogens is 3. The first-order valence-electron chi connectivity index (χ1n) is 6.67. The number of hydrogen-bond donors (Lipinski definition) is 1. The highest BCUT2D eigenvalue weighted by Gasteiger charge is 2.31. The molecule has 1 aliphatic heterocycles. The fraction of sp³-hybridized carbons (Fsp3) is 0.538. The molecule has 1 aliphatic rings. The van der Waals surface area contributed by atoms with Crippen molar-refractivity contribution in [1.82, 2.24) is 9.84 Å². The molecule has 1 N–H and O–H groups in total. The topological polar surface area (TPSA) is 49.4 Å². The Morgan fingerprint density at radius 3 is 2.33 bits per heavy atom. The van der Waals surface area contributed by atoms with Crippen molar-refractivity contribution in [3.05, 3.63) is 28.2 Å². The highest BCUT2D eigenvalue weighted by molar-refractivity contribution is 9.10. The van der Waals surface area contributed by atoms with Crippen molar-refractivity contribution in [2.75, 3.05) is 0 Å². The van der Waals surface area contributed by atoms with Gasteiger partial charge in [-0.1, -0.05) is 6.42 Å². The van der Waals surface area contributed by atoms with Crippen LogP contribution in [0, 0.1) is 11.6 Å². The SMILES string of the molecule is CC1CCCC(C)N1NS(=O)(=O)c1c(F)cc(F)cc1Br. The van der Waals surface area contributed by atoms with Crippen molar-refractivity contribution in [3.63, 3.8) is 0 Å². The van der Waals surface area contributed by atoms with Gasteiger partial charge in [-0.25, -0.2) is 22.2 Å². The maximum absolute atomic E-state index is 13.8. The second-order valence-electron chi connectivity index (χ2n) is 5.33. The average molecular weight is 383 g/mol. The van der Waals surface area contributed by atoms with Gasteiger partial charge in [0, 0.05) is 22.6 Å². The second kappa shape index (κ2) is 6.28. The molecule has 0 bridgehead atoms. The Labute approximate surface area is 131 Å². The first-order valence-corrected chi connectivity index (χ1v) is 8.95. The fourth-order valence-electron chi connectivity index (χ4n) is 2.57. The van der Waals surface area contributed by atoms with Gasteiger partial charge < -0.3 is 0 Å². The molecule has 1 aromatic carbocycles. The lowest BCUT2D eigenvalue weighted by atomic mass is 10.0. The Bertz CT molecular complexity index is 606. The van der Waals surface area contributed by atoms with Crippen LogP contribution in [0.1, 0.15) is 33.1 Å². The van der Waals surface area contributed by atoms with Crippen molar-refractivity contribution in [1.29, 1.82) is 0 Å². The van der Waals surface area contributed by atoms with Crippen LogP contribution in [0.4, 0.5) is 8.78 Å². The van der Waals surface area contributed by atoms with Crippen LogP contribution in [0.25, 0.3) is 0 Å². The standard InChI is InChI=1S/C13H17BrF2N2O2S/c1-8-4-3-5-9(2)18(8)17-21(19,20)13-11(14)6-10(15)7-12(13)16/h6-9,17H,3-5H2,1-2H3. The van der Waals surface area contributed by atoms with E-state index in [9.17, 15) is 17.2 Å². The van der Waals surface area contributed by atoms with Crippen LogP contribution in [0.5, 0.6) is 0 Å². The van der Waals surface area contributed by atoms with Gasteiger partial charge in [0.25, 0.3) is 10.0 Å². The lowest BCUT2D eigenvalue weighted by Crippen LogP contribution is -2.54. The van der Waals surface area contributed by atoms with Crippen LogP contribution >= 0.6 is 15.9 Å². The van der Waals surface area contributed by atoms with Crippen LogP contribution in [0.3, 0.4) is 0 Å². The molecule has 21 heavy (non-hydrogen) atoms. The van der Waals surface area contributed by atoms with Crippen molar-refractivity contribution in [2.24, 2.45) is 0 Å². The van der Waals surface area contributed by atoms with Crippen LogP contribution < -0.4 is 4.83 Å². The summed E-state index contributed by atoms with van der Waals surface area (Å²) in [4.78, 5) is 1.85. The van der Waals surface area contributed by atoms with Gasteiger partial charge in [-0.2, -0.15) is 0 Å². The Morgan fingerprint density at radius 2 is 1.81 bits per heavy atom. The molecule has 1 heterocycles. The molecule has 2 unspecified atom stereocenters. The lowest BCUT2D eigenvalue weighted by Gasteiger charge is -2.38. The van der Waals surface area contributed by atoms with Gasteiger partial charge in [-0.15, -0.1) is 4.83 Å². The molecule has 2 atom stereocenters. The molecule has 2 rings (SSSR count). The normalized spacial score (nSPS) is 24.2. The smallest absolute Gasteiger partial charge is 0.225 e. The molecular weight excluding hydrogens is 366 g/mol. The van der Waals surface area contributed by atoms with Gasteiger partial charge in [-0.3, -0.25) is 0 Å². The van der Waals surface area contributed by atoms with Crippen LogP contribution in [0.2, 0.25) is 0 Å². The van der Waals surface area contributed by atoms with Gasteiger partial charge in [0.05, 0.1) is 0 Å². The third kappa shape index (κ3) is 3.61. The Morgan fingerprint density at radius 1 is 1.24 bits per heavy atom. The Balaban J connectivity index is 2.35. The summed E-state index contributed by atoms with van der Waals surface area (Å²) < 4.78 is 51.6. The van der Waals surface area contributed by atoms with Gasteiger partial charge in [0.2, 0.25) is 0 Å². The van der Waals surface area contributed by atoms with E-state index in [0.717, 1.165) is 25.3 Å². The van der Waals surface area contributed by atoms with E-state index in [2.05, 4.69) is 20.8 Å². The Kier molecular flexibility index (Phi) is 5.02. The minimum Gasteiger partial charge on any atom is -0.225 e. The number of hydrogen-bond acceptors (Lipinski definition) is 3.